The number of nitrogens with zero attached hydrogens (tertiary/aromatic N) is 1. The highest BCUT2D eigenvalue weighted by atomic mass is 127. The van der Waals surface area contributed by atoms with E-state index in [0.717, 1.165) is 20.9 Å². The minimum atomic E-state index is -0.308. The third-order valence-corrected chi connectivity index (χ3v) is 5.08. The van der Waals surface area contributed by atoms with E-state index >= 15 is 0 Å². The third-order valence-electron chi connectivity index (χ3n) is 3.37. The Hall–Kier alpha value is -1.52. The summed E-state index contributed by atoms with van der Waals surface area (Å²) in [4.78, 5) is 26.0. The van der Waals surface area contributed by atoms with Gasteiger partial charge in [0, 0.05) is 7.11 Å². The number of imide groups is 1. The van der Waals surface area contributed by atoms with Gasteiger partial charge in [0.25, 0.3) is 11.1 Å². The average Bonchev–Trinajstić information content (AvgIpc) is 2.86. The molecule has 0 unspecified atom stereocenters. The Balaban J connectivity index is 2.31. The van der Waals surface area contributed by atoms with Crippen molar-refractivity contribution in [3.8, 4) is 11.5 Å². The predicted octanol–water partition coefficient (Wildman–Crippen LogP) is 3.94. The zero-order valence-electron chi connectivity index (χ0n) is 14.6. The average molecular weight is 489 g/mol. The third kappa shape index (κ3) is 5.01. The molecule has 1 aromatic rings. The zero-order valence-corrected chi connectivity index (χ0v) is 17.6. The van der Waals surface area contributed by atoms with Crippen molar-refractivity contribution in [2.45, 2.75) is 6.92 Å². The van der Waals surface area contributed by atoms with Gasteiger partial charge in [-0.05, 0) is 65.0 Å². The number of hydrogen-bond donors (Lipinski definition) is 0. The van der Waals surface area contributed by atoms with Crippen LogP contribution in [0.4, 0.5) is 4.79 Å². The number of thioether (sulfide) groups is 1. The Labute approximate surface area is 170 Å². The number of hydrogen-bond acceptors (Lipinski definition) is 6. The zero-order chi connectivity index (χ0) is 19.1. The van der Waals surface area contributed by atoms with Crippen LogP contribution in [0.5, 0.6) is 11.5 Å². The Kier molecular flexibility index (Phi) is 7.98. The van der Waals surface area contributed by atoms with E-state index in [-0.39, 0.29) is 17.7 Å². The number of ether oxygens (including phenoxy) is 3. The van der Waals surface area contributed by atoms with Gasteiger partial charge in [-0.25, -0.2) is 0 Å². The van der Waals surface area contributed by atoms with Gasteiger partial charge >= 0.3 is 0 Å². The summed E-state index contributed by atoms with van der Waals surface area (Å²) in [7, 11) is 1.53. The van der Waals surface area contributed by atoms with Crippen LogP contribution in [0.15, 0.2) is 29.7 Å². The predicted molar refractivity (Wildman–Crippen MR) is 111 cm³/mol. The second-order valence-corrected chi connectivity index (χ2v) is 7.34. The van der Waals surface area contributed by atoms with Crippen LogP contribution in [0.2, 0.25) is 0 Å². The summed E-state index contributed by atoms with van der Waals surface area (Å²) in [6.07, 6.45) is 3.36. The smallest absolute Gasteiger partial charge is 0.293 e. The van der Waals surface area contributed by atoms with Crippen molar-refractivity contribution < 1.29 is 23.8 Å². The molecule has 140 valence electrons. The van der Waals surface area contributed by atoms with Crippen LogP contribution in [0, 0.1) is 3.57 Å². The quantitative estimate of drug-likeness (QED) is 0.298. The monoisotopic (exact) mass is 489 g/mol. The number of carbonyl (C=O) groups excluding carboxylic acids is 2. The fraction of sp³-hybridized carbons (Fsp3) is 0.333. The van der Waals surface area contributed by atoms with Crippen LogP contribution in [0.3, 0.4) is 0 Å². The lowest BCUT2D eigenvalue weighted by Gasteiger charge is -2.14. The first-order valence-electron chi connectivity index (χ1n) is 7.96. The Morgan fingerprint density at radius 3 is 2.73 bits per heavy atom. The first-order chi connectivity index (χ1) is 12.5. The molecule has 1 aliphatic heterocycles. The van der Waals surface area contributed by atoms with E-state index in [2.05, 4.69) is 29.2 Å². The molecule has 0 saturated carbocycles. The van der Waals surface area contributed by atoms with E-state index in [9.17, 15) is 9.59 Å². The highest BCUT2D eigenvalue weighted by Gasteiger charge is 2.34. The molecule has 8 heteroatoms. The van der Waals surface area contributed by atoms with E-state index in [0.29, 0.717) is 36.2 Å². The SMILES string of the molecule is C=CCOc1c(I)cc(/C=C2/SC(=O)N(CCOC)C2=O)cc1OCC. The van der Waals surface area contributed by atoms with E-state index in [1.165, 1.54) is 12.0 Å². The molecule has 1 heterocycles. The second-order valence-electron chi connectivity index (χ2n) is 5.19. The lowest BCUT2D eigenvalue weighted by Crippen LogP contribution is -2.31. The van der Waals surface area contributed by atoms with Gasteiger partial charge in [-0.2, -0.15) is 0 Å². The largest absolute Gasteiger partial charge is 0.490 e. The molecule has 0 spiro atoms. The van der Waals surface area contributed by atoms with Gasteiger partial charge in [0.05, 0.1) is 28.2 Å². The second kappa shape index (κ2) is 9.98. The molecule has 0 atom stereocenters. The van der Waals surface area contributed by atoms with Gasteiger partial charge in [-0.1, -0.05) is 12.7 Å². The maximum absolute atomic E-state index is 12.4. The fourth-order valence-electron chi connectivity index (χ4n) is 2.24. The van der Waals surface area contributed by atoms with Crippen molar-refractivity contribution >= 4 is 51.6 Å². The number of amides is 2. The van der Waals surface area contributed by atoms with Gasteiger partial charge in [0.1, 0.15) is 6.61 Å². The standard InChI is InChI=1S/C18H20INO5S/c1-4-7-25-16-13(19)9-12(10-14(16)24-5-2)11-15-17(21)20(6-8-23-3)18(22)26-15/h4,9-11H,1,5-8H2,2-3H3/b15-11+. The summed E-state index contributed by atoms with van der Waals surface area (Å²) in [5.41, 5.74) is 0.765. The molecule has 0 radical (unpaired) electrons. The van der Waals surface area contributed by atoms with Gasteiger partial charge in [-0.15, -0.1) is 0 Å². The van der Waals surface area contributed by atoms with Crippen molar-refractivity contribution in [3.05, 3.63) is 38.8 Å². The van der Waals surface area contributed by atoms with E-state index < -0.39 is 0 Å². The molecular weight excluding hydrogens is 469 g/mol. The highest BCUT2D eigenvalue weighted by molar-refractivity contribution is 14.1. The summed E-state index contributed by atoms with van der Waals surface area (Å²) in [5, 5.41) is -0.288. The summed E-state index contributed by atoms with van der Waals surface area (Å²) in [6, 6.07) is 3.68. The molecule has 0 aromatic heterocycles. The molecule has 0 aliphatic carbocycles. The number of carbonyl (C=O) groups is 2. The van der Waals surface area contributed by atoms with Gasteiger partial charge < -0.3 is 14.2 Å². The lowest BCUT2D eigenvalue weighted by molar-refractivity contribution is -0.123. The molecule has 0 bridgehead atoms. The Bertz CT molecular complexity index is 735. The first-order valence-corrected chi connectivity index (χ1v) is 9.85. The van der Waals surface area contributed by atoms with Crippen molar-refractivity contribution in [1.29, 1.82) is 0 Å². The van der Waals surface area contributed by atoms with E-state index in [1.54, 1.807) is 18.2 Å². The number of rotatable bonds is 9. The van der Waals surface area contributed by atoms with E-state index in [1.807, 2.05) is 13.0 Å². The van der Waals surface area contributed by atoms with E-state index in [4.69, 9.17) is 14.2 Å². The summed E-state index contributed by atoms with van der Waals surface area (Å²) >= 11 is 3.08. The molecule has 1 fully saturated rings. The van der Waals surface area contributed by atoms with Crippen LogP contribution in [0.1, 0.15) is 12.5 Å². The molecule has 26 heavy (non-hydrogen) atoms. The Morgan fingerprint density at radius 2 is 2.08 bits per heavy atom. The lowest BCUT2D eigenvalue weighted by atomic mass is 10.2. The van der Waals surface area contributed by atoms with Crippen molar-refractivity contribution in [1.82, 2.24) is 4.90 Å². The van der Waals surface area contributed by atoms with Gasteiger partial charge in [-0.3, -0.25) is 14.5 Å². The molecule has 0 N–H and O–H groups in total. The molecular formula is C18H20INO5S. The minimum absolute atomic E-state index is 0.245. The van der Waals surface area contributed by atoms with Crippen LogP contribution in [0.25, 0.3) is 6.08 Å². The number of benzene rings is 1. The maximum Gasteiger partial charge on any atom is 0.293 e. The Morgan fingerprint density at radius 1 is 1.31 bits per heavy atom. The first kappa shape index (κ1) is 20.8. The topological polar surface area (TPSA) is 65.1 Å². The van der Waals surface area contributed by atoms with Crippen molar-refractivity contribution in [2.24, 2.45) is 0 Å². The highest BCUT2D eigenvalue weighted by Crippen LogP contribution is 2.37. The van der Waals surface area contributed by atoms with Crippen molar-refractivity contribution in [3.63, 3.8) is 0 Å². The van der Waals surface area contributed by atoms with Crippen LogP contribution in [-0.4, -0.2) is 49.5 Å². The van der Waals surface area contributed by atoms with Crippen LogP contribution in [-0.2, 0) is 9.53 Å². The normalized spacial score (nSPS) is 15.7. The maximum atomic E-state index is 12.4. The molecule has 2 rings (SSSR count). The molecule has 1 aliphatic rings. The minimum Gasteiger partial charge on any atom is -0.490 e. The molecule has 6 nitrogen and oxygen atoms in total. The van der Waals surface area contributed by atoms with Gasteiger partial charge in [0.15, 0.2) is 11.5 Å². The van der Waals surface area contributed by atoms with Gasteiger partial charge in [0.2, 0.25) is 0 Å². The van der Waals surface area contributed by atoms with Crippen molar-refractivity contribution in [2.75, 3.05) is 33.5 Å². The van der Waals surface area contributed by atoms with Crippen LogP contribution < -0.4 is 9.47 Å². The number of methoxy groups -OCH3 is 1. The molecule has 2 amide bonds. The summed E-state index contributed by atoms with van der Waals surface area (Å²) in [5.74, 6) is 0.917. The fourth-order valence-corrected chi connectivity index (χ4v) is 3.89. The molecule has 1 aromatic carbocycles. The summed E-state index contributed by atoms with van der Waals surface area (Å²) in [6.45, 7) is 6.94. The van der Waals surface area contributed by atoms with Crippen LogP contribution >= 0.6 is 34.4 Å². The molecule has 1 saturated heterocycles. The summed E-state index contributed by atoms with van der Waals surface area (Å²) < 4.78 is 17.1. The number of halogens is 1.